The Hall–Kier alpha value is -2.02. The molecule has 4 aromatic rings. The Labute approximate surface area is 159 Å². The molecule has 0 aliphatic carbocycles. The van der Waals surface area contributed by atoms with E-state index in [4.69, 9.17) is 4.99 Å². The second-order valence-electron chi connectivity index (χ2n) is 5.63. The third kappa shape index (κ3) is 2.90. The second kappa shape index (κ2) is 6.71. The Morgan fingerprint density at radius 2 is 1.96 bits per heavy atom. The van der Waals surface area contributed by atoms with Crippen LogP contribution in [0.5, 0.6) is 0 Å². The van der Waals surface area contributed by atoms with Crippen LogP contribution in [0.3, 0.4) is 0 Å². The van der Waals surface area contributed by atoms with Crippen LogP contribution in [0.2, 0.25) is 0 Å². The summed E-state index contributed by atoms with van der Waals surface area (Å²) in [5.41, 5.74) is 5.81. The molecule has 2 aromatic heterocycles. The van der Waals surface area contributed by atoms with Crippen LogP contribution < -0.4 is 5.32 Å². The fourth-order valence-electron chi connectivity index (χ4n) is 2.95. The number of nitrogens with zero attached hydrogens (tertiary/aromatic N) is 3. The normalized spacial score (nSPS) is 13.2. The number of hydrogen-bond acceptors (Lipinski definition) is 5. The number of thioether (sulfide) groups is 1. The summed E-state index contributed by atoms with van der Waals surface area (Å²) >= 11 is 3.44. The fourth-order valence-corrected chi connectivity index (χ4v) is 4.79. The van der Waals surface area contributed by atoms with Crippen LogP contribution in [0.1, 0.15) is 11.3 Å². The third-order valence-electron chi connectivity index (χ3n) is 4.12. The van der Waals surface area contributed by atoms with Crippen LogP contribution in [0.4, 0.5) is 5.69 Å². The van der Waals surface area contributed by atoms with E-state index < -0.39 is 0 Å². The number of aliphatic imine (C=N–C) groups is 1. The van der Waals surface area contributed by atoms with E-state index in [0.717, 1.165) is 33.6 Å². The highest BCUT2D eigenvalue weighted by atomic mass is 35.5. The summed E-state index contributed by atoms with van der Waals surface area (Å²) in [7, 11) is 0. The van der Waals surface area contributed by atoms with Crippen LogP contribution in [0.15, 0.2) is 58.9 Å². The molecule has 0 spiro atoms. The molecular weight excluding hydrogens is 372 g/mol. The molecule has 1 aliphatic heterocycles. The lowest BCUT2D eigenvalue weighted by Crippen LogP contribution is -2.23. The predicted octanol–water partition coefficient (Wildman–Crippen LogP) is 4.99. The molecule has 5 rings (SSSR count). The van der Waals surface area contributed by atoms with Gasteiger partial charge in [-0.05, 0) is 23.8 Å². The van der Waals surface area contributed by atoms with Crippen LogP contribution in [0, 0.1) is 0 Å². The molecule has 3 heterocycles. The molecule has 0 radical (unpaired) electrons. The summed E-state index contributed by atoms with van der Waals surface area (Å²) in [6, 6.07) is 16.6. The molecule has 2 aromatic carbocycles. The summed E-state index contributed by atoms with van der Waals surface area (Å²) < 4.78 is 2.25. The zero-order chi connectivity index (χ0) is 15.9. The highest BCUT2D eigenvalue weighted by Gasteiger charge is 2.14. The average molecular weight is 387 g/mol. The Kier molecular flexibility index (Phi) is 4.41. The number of amidine groups is 1. The van der Waals surface area contributed by atoms with E-state index in [1.807, 2.05) is 12.1 Å². The van der Waals surface area contributed by atoms with Gasteiger partial charge in [0.05, 0.1) is 16.7 Å². The molecule has 0 saturated carbocycles. The third-order valence-corrected chi connectivity index (χ3v) is 5.94. The summed E-state index contributed by atoms with van der Waals surface area (Å²) in [5, 5.41) is 6.59. The van der Waals surface area contributed by atoms with E-state index in [9.17, 15) is 0 Å². The van der Waals surface area contributed by atoms with Gasteiger partial charge in [-0.15, -0.1) is 23.7 Å². The zero-order valence-corrected chi connectivity index (χ0v) is 15.6. The molecule has 126 valence electrons. The van der Waals surface area contributed by atoms with Gasteiger partial charge in [0, 0.05) is 23.4 Å². The van der Waals surface area contributed by atoms with E-state index in [2.05, 4.69) is 56.5 Å². The molecule has 0 bridgehead atoms. The van der Waals surface area contributed by atoms with Gasteiger partial charge in [-0.1, -0.05) is 42.1 Å². The number of imidazole rings is 1. The van der Waals surface area contributed by atoms with E-state index >= 15 is 0 Å². The van der Waals surface area contributed by atoms with Gasteiger partial charge in [-0.2, -0.15) is 0 Å². The molecule has 25 heavy (non-hydrogen) atoms. The zero-order valence-electron chi connectivity index (χ0n) is 13.2. The molecule has 0 unspecified atom stereocenters. The maximum absolute atomic E-state index is 4.72. The predicted molar refractivity (Wildman–Crippen MR) is 109 cm³/mol. The van der Waals surface area contributed by atoms with Gasteiger partial charge in [0.1, 0.15) is 0 Å². The van der Waals surface area contributed by atoms with Crippen molar-refractivity contribution in [3.8, 4) is 0 Å². The first-order valence-corrected chi connectivity index (χ1v) is 9.62. The molecule has 0 fully saturated rings. The van der Waals surface area contributed by atoms with Gasteiger partial charge in [0.2, 0.25) is 0 Å². The molecular formula is C18H15ClN4S2. The van der Waals surface area contributed by atoms with Gasteiger partial charge >= 0.3 is 0 Å². The molecule has 1 N–H and O–H groups in total. The van der Waals surface area contributed by atoms with Gasteiger partial charge in [-0.3, -0.25) is 4.40 Å². The number of rotatable bonds is 2. The second-order valence-corrected chi connectivity index (χ2v) is 7.43. The summed E-state index contributed by atoms with van der Waals surface area (Å²) in [5.74, 6) is 0.869. The minimum Gasteiger partial charge on any atom is -0.360 e. The van der Waals surface area contributed by atoms with E-state index in [0.29, 0.717) is 0 Å². The number of nitrogens with one attached hydrogen (secondary N) is 1. The molecule has 0 saturated heterocycles. The summed E-state index contributed by atoms with van der Waals surface area (Å²) in [4.78, 5) is 10.5. The number of thiazole rings is 1. The lowest BCUT2D eigenvalue weighted by Gasteiger charge is -2.16. The van der Waals surface area contributed by atoms with Gasteiger partial charge in [-0.25, -0.2) is 9.98 Å². The Morgan fingerprint density at radius 1 is 1.12 bits per heavy atom. The Balaban J connectivity index is 0.00000157. The van der Waals surface area contributed by atoms with Crippen molar-refractivity contribution in [3.63, 3.8) is 0 Å². The highest BCUT2D eigenvalue weighted by molar-refractivity contribution is 8.13. The number of fused-ring (bicyclic) bond motifs is 4. The van der Waals surface area contributed by atoms with Gasteiger partial charge in [0.15, 0.2) is 10.1 Å². The number of halogens is 1. The van der Waals surface area contributed by atoms with E-state index in [-0.39, 0.29) is 12.4 Å². The van der Waals surface area contributed by atoms with Crippen molar-refractivity contribution in [2.75, 3.05) is 0 Å². The van der Waals surface area contributed by atoms with Crippen LogP contribution >= 0.6 is 35.5 Å². The molecule has 1 aliphatic rings. The monoisotopic (exact) mass is 386 g/mol. The topological polar surface area (TPSA) is 41.7 Å². The lowest BCUT2D eigenvalue weighted by molar-refractivity contribution is 0.907. The first-order chi connectivity index (χ1) is 11.9. The summed E-state index contributed by atoms with van der Waals surface area (Å²) in [6.45, 7) is 0.842. The average Bonchev–Trinajstić information content (AvgIpc) is 3.19. The fraction of sp³-hybridized carbons (Fsp3) is 0.111. The molecule has 0 amide bonds. The van der Waals surface area contributed by atoms with Crippen molar-refractivity contribution >= 4 is 62.4 Å². The maximum Gasteiger partial charge on any atom is 0.194 e. The minimum absolute atomic E-state index is 0. The van der Waals surface area contributed by atoms with Gasteiger partial charge in [0.25, 0.3) is 0 Å². The van der Waals surface area contributed by atoms with Crippen LogP contribution in [-0.2, 0) is 12.3 Å². The van der Waals surface area contributed by atoms with Crippen molar-refractivity contribution in [3.05, 3.63) is 65.2 Å². The minimum atomic E-state index is 0. The first kappa shape index (κ1) is 16.4. The highest BCUT2D eigenvalue weighted by Crippen LogP contribution is 2.28. The van der Waals surface area contributed by atoms with Crippen molar-refractivity contribution in [1.82, 2.24) is 14.7 Å². The number of para-hydroxylation sites is 3. The molecule has 7 heteroatoms. The number of benzene rings is 2. The van der Waals surface area contributed by atoms with E-state index in [1.54, 1.807) is 23.1 Å². The summed E-state index contributed by atoms with van der Waals surface area (Å²) in [6.07, 6.45) is 0. The van der Waals surface area contributed by atoms with Crippen molar-refractivity contribution in [2.24, 2.45) is 4.99 Å². The van der Waals surface area contributed by atoms with Crippen LogP contribution in [0.25, 0.3) is 16.0 Å². The van der Waals surface area contributed by atoms with Crippen molar-refractivity contribution in [2.45, 2.75) is 12.3 Å². The molecule has 0 atom stereocenters. The maximum atomic E-state index is 4.72. The standard InChI is InChI=1S/C18H14N4S2.ClH/c1-2-6-14-12(5-1)9-19-17(20-14)23-10-13-11-24-18-21-15-7-3-4-8-16(15)22(13)18;/h1-8,11H,9-10H2,(H,19,20);1H. The smallest absolute Gasteiger partial charge is 0.194 e. The van der Waals surface area contributed by atoms with Crippen LogP contribution in [-0.4, -0.2) is 14.6 Å². The van der Waals surface area contributed by atoms with Crippen molar-refractivity contribution < 1.29 is 0 Å². The number of hydrogen-bond donors (Lipinski definition) is 1. The SMILES string of the molecule is Cl.c1ccc2c(c1)CNC(SCc1csc3nc4ccccc4n13)=N2. The van der Waals surface area contributed by atoms with Gasteiger partial charge < -0.3 is 5.32 Å². The van der Waals surface area contributed by atoms with Crippen molar-refractivity contribution in [1.29, 1.82) is 0 Å². The van der Waals surface area contributed by atoms with E-state index in [1.165, 1.54) is 16.8 Å². The first-order valence-electron chi connectivity index (χ1n) is 7.75. The molecule has 4 nitrogen and oxygen atoms in total. The number of aromatic nitrogens is 2. The lowest BCUT2D eigenvalue weighted by atomic mass is 10.1. The Bertz CT molecular complexity index is 1080. The Morgan fingerprint density at radius 3 is 2.92 bits per heavy atom. The quantitative estimate of drug-likeness (QED) is 0.527. The largest absolute Gasteiger partial charge is 0.360 e.